The van der Waals surface area contributed by atoms with Gasteiger partial charge in [-0.15, -0.1) is 0 Å². The fourth-order valence-corrected chi connectivity index (χ4v) is 9.18. The summed E-state index contributed by atoms with van der Waals surface area (Å²) in [7, 11) is 0. The SMILES string of the molecule is CC1(C)c2ccccc2-c2ccc(-c3ccc4cc(-c5ccc6ccc(-c7ccc8c9ccccc9c9ccccc9c8c7)cc6c5)ccc4c3)cc21. The minimum absolute atomic E-state index is 0.00595. The molecular formula is C53H36. The summed E-state index contributed by atoms with van der Waals surface area (Å²) in [6, 6.07) is 68.0. The third-order valence-electron chi connectivity index (χ3n) is 12.0. The van der Waals surface area contributed by atoms with Crippen molar-refractivity contribution in [3.63, 3.8) is 0 Å². The van der Waals surface area contributed by atoms with Crippen molar-refractivity contribution in [1.82, 2.24) is 0 Å². The lowest BCUT2D eigenvalue weighted by atomic mass is 9.81. The first-order valence-electron chi connectivity index (χ1n) is 18.7. The molecule has 0 aliphatic heterocycles. The highest BCUT2D eigenvalue weighted by Crippen LogP contribution is 2.49. The summed E-state index contributed by atoms with van der Waals surface area (Å²) >= 11 is 0. The van der Waals surface area contributed by atoms with Crippen LogP contribution in [0.2, 0.25) is 0 Å². The van der Waals surface area contributed by atoms with Crippen LogP contribution < -0.4 is 0 Å². The maximum Gasteiger partial charge on any atom is 0.0159 e. The molecule has 0 amide bonds. The van der Waals surface area contributed by atoms with E-state index in [9.17, 15) is 0 Å². The van der Waals surface area contributed by atoms with Crippen LogP contribution in [0.3, 0.4) is 0 Å². The highest BCUT2D eigenvalue weighted by molar-refractivity contribution is 6.25. The molecule has 248 valence electrons. The van der Waals surface area contributed by atoms with E-state index in [4.69, 9.17) is 0 Å². The van der Waals surface area contributed by atoms with E-state index >= 15 is 0 Å². The lowest BCUT2D eigenvalue weighted by Gasteiger charge is -2.22. The van der Waals surface area contributed by atoms with Crippen LogP contribution in [0.15, 0.2) is 182 Å². The standard InChI is InChI=1S/C53H36/c1-53(2)51-14-8-7-13-48(51)49-26-24-41(32-52(49)53)37-22-21-34-27-36(20-19-35(34)28-37)38-17-15-33-16-18-39(30-42(33)29-38)40-23-25-47-45-11-4-3-9-43(45)44-10-5-6-12-46(44)50(47)31-40/h3-32H,1-2H3. The van der Waals surface area contributed by atoms with Gasteiger partial charge in [0.05, 0.1) is 0 Å². The van der Waals surface area contributed by atoms with E-state index in [1.807, 2.05) is 0 Å². The van der Waals surface area contributed by atoms with Crippen molar-refractivity contribution in [2.45, 2.75) is 19.3 Å². The Morgan fingerprint density at radius 1 is 0.264 bits per heavy atom. The molecular weight excluding hydrogens is 637 g/mol. The fourth-order valence-electron chi connectivity index (χ4n) is 9.18. The minimum Gasteiger partial charge on any atom is -0.0619 e. The largest absolute Gasteiger partial charge is 0.0619 e. The van der Waals surface area contributed by atoms with Crippen LogP contribution in [0.1, 0.15) is 25.0 Å². The minimum atomic E-state index is -0.00595. The summed E-state index contributed by atoms with van der Waals surface area (Å²) < 4.78 is 0. The van der Waals surface area contributed by atoms with Crippen molar-refractivity contribution < 1.29 is 0 Å². The fraction of sp³-hybridized carbons (Fsp3) is 0.0566. The second-order valence-corrected chi connectivity index (χ2v) is 15.3. The van der Waals surface area contributed by atoms with Gasteiger partial charge < -0.3 is 0 Å². The molecule has 0 unspecified atom stereocenters. The van der Waals surface area contributed by atoms with Crippen molar-refractivity contribution in [2.24, 2.45) is 0 Å². The highest BCUT2D eigenvalue weighted by Gasteiger charge is 2.35. The number of hydrogen-bond acceptors (Lipinski definition) is 0. The Morgan fingerprint density at radius 3 is 1.26 bits per heavy atom. The molecule has 0 N–H and O–H groups in total. The number of fused-ring (bicyclic) bond motifs is 11. The van der Waals surface area contributed by atoms with Gasteiger partial charge in [-0.25, -0.2) is 0 Å². The van der Waals surface area contributed by atoms with Crippen LogP contribution in [0.5, 0.6) is 0 Å². The molecule has 0 bridgehead atoms. The van der Waals surface area contributed by atoms with Crippen LogP contribution in [0.4, 0.5) is 0 Å². The van der Waals surface area contributed by atoms with E-state index < -0.39 is 0 Å². The van der Waals surface area contributed by atoms with Crippen molar-refractivity contribution >= 4 is 53.9 Å². The summed E-state index contributed by atoms with van der Waals surface area (Å²) in [5.74, 6) is 0. The zero-order valence-corrected chi connectivity index (χ0v) is 29.8. The normalized spacial score (nSPS) is 13.2. The van der Waals surface area contributed by atoms with E-state index in [-0.39, 0.29) is 5.41 Å². The van der Waals surface area contributed by atoms with Gasteiger partial charge in [-0.2, -0.15) is 0 Å². The van der Waals surface area contributed by atoms with Crippen LogP contribution in [0.25, 0.3) is 98.4 Å². The lowest BCUT2D eigenvalue weighted by molar-refractivity contribution is 0.660. The Bertz CT molecular complexity index is 3100. The first kappa shape index (κ1) is 30.2. The van der Waals surface area contributed by atoms with E-state index in [0.717, 1.165) is 0 Å². The summed E-state index contributed by atoms with van der Waals surface area (Å²) in [4.78, 5) is 0. The smallest absolute Gasteiger partial charge is 0.0159 e. The third kappa shape index (κ3) is 4.62. The molecule has 0 aromatic heterocycles. The first-order chi connectivity index (χ1) is 26.0. The average molecular weight is 673 g/mol. The second-order valence-electron chi connectivity index (χ2n) is 15.3. The Labute approximate surface area is 309 Å². The monoisotopic (exact) mass is 672 g/mol. The van der Waals surface area contributed by atoms with Gasteiger partial charge in [-0.3, -0.25) is 0 Å². The van der Waals surface area contributed by atoms with Gasteiger partial charge in [-0.05, 0) is 146 Å². The first-order valence-corrected chi connectivity index (χ1v) is 18.7. The maximum atomic E-state index is 2.41. The molecule has 0 heterocycles. The molecule has 0 heteroatoms. The Balaban J connectivity index is 0.943. The van der Waals surface area contributed by atoms with Crippen LogP contribution in [-0.2, 0) is 5.41 Å². The van der Waals surface area contributed by atoms with Gasteiger partial charge in [0.1, 0.15) is 0 Å². The van der Waals surface area contributed by atoms with Crippen LogP contribution in [0, 0.1) is 0 Å². The molecule has 1 aliphatic carbocycles. The van der Waals surface area contributed by atoms with E-state index in [0.29, 0.717) is 0 Å². The predicted octanol–water partition coefficient (Wildman–Crippen LogP) is 14.8. The average Bonchev–Trinajstić information content (AvgIpc) is 3.45. The highest BCUT2D eigenvalue weighted by atomic mass is 14.4. The molecule has 0 saturated heterocycles. The molecule has 0 radical (unpaired) electrons. The summed E-state index contributed by atoms with van der Waals surface area (Å²) in [5, 5.41) is 12.8. The van der Waals surface area contributed by atoms with Gasteiger partial charge in [-0.1, -0.05) is 159 Å². The molecule has 1 aliphatic rings. The van der Waals surface area contributed by atoms with Crippen LogP contribution >= 0.6 is 0 Å². The number of rotatable bonds is 3. The summed E-state index contributed by atoms with van der Waals surface area (Å²) in [6.07, 6.45) is 0. The Kier molecular flexibility index (Phi) is 6.40. The Morgan fingerprint density at radius 2 is 0.660 bits per heavy atom. The quantitative estimate of drug-likeness (QED) is 0.164. The topological polar surface area (TPSA) is 0 Å². The predicted molar refractivity (Wildman–Crippen MR) is 228 cm³/mol. The van der Waals surface area contributed by atoms with Crippen molar-refractivity contribution in [3.8, 4) is 44.5 Å². The van der Waals surface area contributed by atoms with Gasteiger partial charge in [0.15, 0.2) is 0 Å². The van der Waals surface area contributed by atoms with Gasteiger partial charge in [0.2, 0.25) is 0 Å². The molecule has 10 aromatic carbocycles. The van der Waals surface area contributed by atoms with Gasteiger partial charge in [0.25, 0.3) is 0 Å². The maximum absolute atomic E-state index is 2.41. The molecule has 10 aromatic rings. The molecule has 0 atom stereocenters. The van der Waals surface area contributed by atoms with Crippen molar-refractivity contribution in [1.29, 1.82) is 0 Å². The molecule has 53 heavy (non-hydrogen) atoms. The molecule has 11 rings (SSSR count). The summed E-state index contributed by atoms with van der Waals surface area (Å²) in [5.41, 5.74) is 13.0. The molecule has 0 nitrogen and oxygen atoms in total. The van der Waals surface area contributed by atoms with Crippen molar-refractivity contribution in [3.05, 3.63) is 193 Å². The zero-order valence-electron chi connectivity index (χ0n) is 29.8. The van der Waals surface area contributed by atoms with E-state index in [1.54, 1.807) is 0 Å². The second kappa shape index (κ2) is 11.2. The number of hydrogen-bond donors (Lipinski definition) is 0. The van der Waals surface area contributed by atoms with E-state index in [1.165, 1.54) is 109 Å². The zero-order chi connectivity index (χ0) is 35.3. The van der Waals surface area contributed by atoms with Gasteiger partial charge in [0, 0.05) is 5.41 Å². The molecule has 0 fully saturated rings. The van der Waals surface area contributed by atoms with Crippen LogP contribution in [-0.4, -0.2) is 0 Å². The Hall–Kier alpha value is -6.50. The van der Waals surface area contributed by atoms with Crippen molar-refractivity contribution in [2.75, 3.05) is 0 Å². The summed E-state index contributed by atoms with van der Waals surface area (Å²) in [6.45, 7) is 4.70. The lowest BCUT2D eigenvalue weighted by Crippen LogP contribution is -2.14. The van der Waals surface area contributed by atoms with E-state index in [2.05, 4.69) is 196 Å². The number of benzene rings is 10. The molecule has 0 saturated carbocycles. The van der Waals surface area contributed by atoms with Gasteiger partial charge >= 0.3 is 0 Å². The third-order valence-corrected chi connectivity index (χ3v) is 12.0. The molecule has 0 spiro atoms.